The first-order valence-corrected chi connectivity index (χ1v) is 7.36. The van der Waals surface area contributed by atoms with E-state index in [1.54, 1.807) is 30.3 Å². The molecule has 1 aromatic carbocycles. The van der Waals surface area contributed by atoms with Crippen LogP contribution in [-0.2, 0) is 6.54 Å². The number of nitrogens with one attached hydrogen (secondary N) is 1. The lowest BCUT2D eigenvalue weighted by Gasteiger charge is -2.10. The Morgan fingerprint density at radius 3 is 2.73 bits per heavy atom. The molecule has 0 unspecified atom stereocenters. The van der Waals surface area contributed by atoms with Crippen LogP contribution in [-0.4, -0.2) is 22.9 Å². The van der Waals surface area contributed by atoms with Crippen LogP contribution in [0.25, 0.3) is 0 Å². The van der Waals surface area contributed by atoms with Gasteiger partial charge in [-0.3, -0.25) is 4.79 Å². The highest BCUT2D eigenvalue weighted by Gasteiger charge is 2.08. The van der Waals surface area contributed by atoms with E-state index in [0.717, 1.165) is 0 Å². The molecule has 5 nitrogen and oxygen atoms in total. The number of aromatic nitrogens is 2. The van der Waals surface area contributed by atoms with Crippen molar-refractivity contribution in [3.63, 3.8) is 0 Å². The summed E-state index contributed by atoms with van der Waals surface area (Å²) in [7, 11) is 0. The van der Waals surface area contributed by atoms with Crippen molar-refractivity contribution in [1.82, 2.24) is 9.78 Å². The Morgan fingerprint density at radius 2 is 2.05 bits per heavy atom. The molecular weight excluding hydrogens is 325 g/mol. The highest BCUT2D eigenvalue weighted by molar-refractivity contribution is 6.32. The van der Waals surface area contributed by atoms with Gasteiger partial charge in [0.2, 0.25) is 0 Å². The highest BCUT2D eigenvalue weighted by Crippen LogP contribution is 2.16. The van der Waals surface area contributed by atoms with E-state index < -0.39 is 0 Å². The van der Waals surface area contributed by atoms with E-state index in [1.165, 1.54) is 10.9 Å². The van der Waals surface area contributed by atoms with Crippen molar-refractivity contribution < 1.29 is 4.74 Å². The molecule has 0 radical (unpaired) electrons. The van der Waals surface area contributed by atoms with Crippen LogP contribution >= 0.6 is 23.2 Å². The molecule has 0 saturated carbocycles. The lowest BCUT2D eigenvalue weighted by Crippen LogP contribution is -2.26. The molecule has 0 aliphatic heterocycles. The third-order valence-corrected chi connectivity index (χ3v) is 3.42. The second-order valence-corrected chi connectivity index (χ2v) is 5.19. The van der Waals surface area contributed by atoms with Gasteiger partial charge in [0, 0.05) is 11.6 Å². The first kappa shape index (κ1) is 16.4. The molecule has 0 spiro atoms. The summed E-state index contributed by atoms with van der Waals surface area (Å²) in [5.74, 6) is 0.674. The van der Waals surface area contributed by atoms with Gasteiger partial charge in [0.15, 0.2) is 0 Å². The fourth-order valence-corrected chi connectivity index (χ4v) is 2.05. The van der Waals surface area contributed by atoms with Gasteiger partial charge in [-0.25, -0.2) is 4.68 Å². The number of anilines is 1. The Balaban J connectivity index is 1.98. The summed E-state index contributed by atoms with van der Waals surface area (Å²) in [4.78, 5) is 12.1. The van der Waals surface area contributed by atoms with Crippen molar-refractivity contribution >= 4 is 28.9 Å². The fourth-order valence-electron chi connectivity index (χ4n) is 1.71. The topological polar surface area (TPSA) is 56.1 Å². The molecule has 0 fully saturated rings. The summed E-state index contributed by atoms with van der Waals surface area (Å²) in [5, 5.41) is 7.75. The Kier molecular flexibility index (Phi) is 5.86. The van der Waals surface area contributed by atoms with E-state index in [-0.39, 0.29) is 10.6 Å². The van der Waals surface area contributed by atoms with Crippen LogP contribution in [0.5, 0.6) is 5.75 Å². The van der Waals surface area contributed by atoms with E-state index in [1.807, 2.05) is 0 Å². The summed E-state index contributed by atoms with van der Waals surface area (Å²) in [5.41, 5.74) is 0.122. The van der Waals surface area contributed by atoms with Crippen LogP contribution in [0.2, 0.25) is 10.0 Å². The molecule has 1 N–H and O–H groups in total. The summed E-state index contributed by atoms with van der Waals surface area (Å²) in [6.45, 7) is 4.68. The van der Waals surface area contributed by atoms with E-state index >= 15 is 0 Å². The van der Waals surface area contributed by atoms with E-state index in [4.69, 9.17) is 27.9 Å². The van der Waals surface area contributed by atoms with Crippen LogP contribution < -0.4 is 15.6 Å². The average molecular weight is 340 g/mol. The molecule has 22 heavy (non-hydrogen) atoms. The molecule has 1 aromatic heterocycles. The zero-order valence-electron chi connectivity index (χ0n) is 11.8. The van der Waals surface area contributed by atoms with Crippen molar-refractivity contribution in [2.24, 2.45) is 0 Å². The molecule has 0 aliphatic carbocycles. The van der Waals surface area contributed by atoms with E-state index in [9.17, 15) is 4.79 Å². The molecule has 116 valence electrons. The Bertz CT molecular complexity index is 699. The number of rotatable bonds is 7. The number of hydrogen-bond donors (Lipinski definition) is 1. The normalized spacial score (nSPS) is 10.3. The zero-order valence-corrected chi connectivity index (χ0v) is 13.3. The van der Waals surface area contributed by atoms with Crippen LogP contribution in [0.1, 0.15) is 0 Å². The SMILES string of the molecule is C=CCNc1cnn(CCOc2ccc(Cl)cc2)c(=O)c1Cl. The largest absolute Gasteiger partial charge is 0.492 e. The van der Waals surface area contributed by atoms with E-state index in [0.29, 0.717) is 36.2 Å². The van der Waals surface area contributed by atoms with E-state index in [2.05, 4.69) is 17.0 Å². The quantitative estimate of drug-likeness (QED) is 0.787. The maximum Gasteiger partial charge on any atom is 0.287 e. The molecule has 0 saturated heterocycles. The molecular formula is C15H15Cl2N3O2. The molecule has 2 rings (SSSR count). The predicted molar refractivity (Wildman–Crippen MR) is 89.1 cm³/mol. The molecule has 0 amide bonds. The second-order valence-electron chi connectivity index (χ2n) is 4.37. The number of ether oxygens (including phenoxy) is 1. The van der Waals surface area contributed by atoms with Gasteiger partial charge in [0.25, 0.3) is 5.56 Å². The predicted octanol–water partition coefficient (Wildman–Crippen LogP) is 3.23. The standard InChI is InChI=1S/C15H15Cl2N3O2/c1-2-7-18-13-10-19-20(15(21)14(13)17)8-9-22-12-5-3-11(16)4-6-12/h2-6,10,18H,1,7-9H2. The summed E-state index contributed by atoms with van der Waals surface area (Å²) < 4.78 is 6.79. The van der Waals surface area contributed by atoms with Gasteiger partial charge in [-0.15, -0.1) is 6.58 Å². The van der Waals surface area contributed by atoms with Crippen LogP contribution in [0, 0.1) is 0 Å². The third kappa shape index (κ3) is 4.26. The van der Waals surface area contributed by atoms with Crippen molar-refractivity contribution in [3.05, 3.63) is 63.5 Å². The van der Waals surface area contributed by atoms with Gasteiger partial charge in [0.1, 0.15) is 17.4 Å². The van der Waals surface area contributed by atoms with Crippen molar-refractivity contribution in [1.29, 1.82) is 0 Å². The number of benzene rings is 1. The smallest absolute Gasteiger partial charge is 0.287 e. The number of halogens is 2. The Hall–Kier alpha value is -1.98. The zero-order chi connectivity index (χ0) is 15.9. The minimum atomic E-state index is -0.365. The maximum atomic E-state index is 12.1. The minimum absolute atomic E-state index is 0.100. The lowest BCUT2D eigenvalue weighted by molar-refractivity contribution is 0.288. The fraction of sp³-hybridized carbons (Fsp3) is 0.200. The molecule has 0 aliphatic rings. The molecule has 7 heteroatoms. The number of nitrogens with zero attached hydrogens (tertiary/aromatic N) is 2. The van der Waals surface area contributed by atoms with Gasteiger partial charge in [-0.05, 0) is 24.3 Å². The molecule has 0 atom stereocenters. The maximum absolute atomic E-state index is 12.1. The minimum Gasteiger partial charge on any atom is -0.492 e. The first-order valence-electron chi connectivity index (χ1n) is 6.60. The number of hydrogen-bond acceptors (Lipinski definition) is 4. The second kappa shape index (κ2) is 7.87. The summed E-state index contributed by atoms with van der Waals surface area (Å²) in [6.07, 6.45) is 3.18. The van der Waals surface area contributed by atoms with Crippen molar-refractivity contribution in [2.75, 3.05) is 18.5 Å². The van der Waals surface area contributed by atoms with Gasteiger partial charge < -0.3 is 10.1 Å². The van der Waals surface area contributed by atoms with Crippen LogP contribution in [0.4, 0.5) is 5.69 Å². The van der Waals surface area contributed by atoms with Crippen LogP contribution in [0.15, 0.2) is 47.9 Å². The summed E-state index contributed by atoms with van der Waals surface area (Å²) in [6, 6.07) is 6.98. The van der Waals surface area contributed by atoms with Gasteiger partial charge >= 0.3 is 0 Å². The van der Waals surface area contributed by atoms with Gasteiger partial charge in [-0.2, -0.15) is 5.10 Å². The summed E-state index contributed by atoms with van der Waals surface area (Å²) >= 11 is 11.8. The monoisotopic (exact) mass is 339 g/mol. The first-order chi connectivity index (χ1) is 10.6. The van der Waals surface area contributed by atoms with Crippen molar-refractivity contribution in [3.8, 4) is 5.75 Å². The third-order valence-electron chi connectivity index (χ3n) is 2.81. The Labute approximate surface area is 138 Å². The molecule has 2 aromatic rings. The van der Waals surface area contributed by atoms with Gasteiger partial charge in [0.05, 0.1) is 18.4 Å². The van der Waals surface area contributed by atoms with Crippen molar-refractivity contribution in [2.45, 2.75) is 6.54 Å². The highest BCUT2D eigenvalue weighted by atomic mass is 35.5. The lowest BCUT2D eigenvalue weighted by atomic mass is 10.3. The van der Waals surface area contributed by atoms with Gasteiger partial charge in [-0.1, -0.05) is 29.3 Å². The van der Waals surface area contributed by atoms with Crippen LogP contribution in [0.3, 0.4) is 0 Å². The molecule has 0 bridgehead atoms. The Morgan fingerprint density at radius 1 is 1.32 bits per heavy atom. The average Bonchev–Trinajstić information content (AvgIpc) is 2.52. The molecule has 1 heterocycles.